The number of anilines is 1. The zero-order chi connectivity index (χ0) is 20.7. The van der Waals surface area contributed by atoms with Crippen molar-refractivity contribution in [2.75, 3.05) is 25.1 Å². The second kappa shape index (κ2) is 9.89. The standard InChI is InChI=1S/C20H23NO6S/c1-5-25-19(23)14-11-28-18(17(14)20(24)26-6-2)21-16(22)10-27-15-9-7-8-12(3)13(15)4/h7-9,11H,5-6,10H2,1-4H3,(H,21,22). The molecule has 1 aromatic heterocycles. The summed E-state index contributed by atoms with van der Waals surface area (Å²) in [7, 11) is 0. The van der Waals surface area contributed by atoms with Crippen LogP contribution in [0.4, 0.5) is 5.00 Å². The molecule has 0 aliphatic carbocycles. The van der Waals surface area contributed by atoms with E-state index in [4.69, 9.17) is 14.2 Å². The summed E-state index contributed by atoms with van der Waals surface area (Å²) in [6, 6.07) is 5.58. The van der Waals surface area contributed by atoms with Gasteiger partial charge in [-0.05, 0) is 44.9 Å². The van der Waals surface area contributed by atoms with Crippen molar-refractivity contribution in [1.82, 2.24) is 0 Å². The third-order valence-electron chi connectivity index (χ3n) is 3.93. The fourth-order valence-electron chi connectivity index (χ4n) is 2.40. The van der Waals surface area contributed by atoms with Crippen LogP contribution in [0, 0.1) is 13.8 Å². The zero-order valence-electron chi connectivity index (χ0n) is 16.3. The van der Waals surface area contributed by atoms with Gasteiger partial charge in [0.15, 0.2) is 6.61 Å². The SMILES string of the molecule is CCOC(=O)c1csc(NC(=O)COc2cccc(C)c2C)c1C(=O)OCC. The summed E-state index contributed by atoms with van der Waals surface area (Å²) in [5.41, 5.74) is 2.06. The molecular weight excluding hydrogens is 382 g/mol. The third-order valence-corrected chi connectivity index (χ3v) is 4.83. The number of esters is 2. The fraction of sp³-hybridized carbons (Fsp3) is 0.350. The van der Waals surface area contributed by atoms with Gasteiger partial charge in [0.2, 0.25) is 0 Å². The van der Waals surface area contributed by atoms with E-state index >= 15 is 0 Å². The molecule has 2 rings (SSSR count). The summed E-state index contributed by atoms with van der Waals surface area (Å²) in [4.78, 5) is 36.7. The van der Waals surface area contributed by atoms with Crippen molar-refractivity contribution in [2.45, 2.75) is 27.7 Å². The highest BCUT2D eigenvalue weighted by Gasteiger charge is 2.26. The van der Waals surface area contributed by atoms with E-state index in [1.54, 1.807) is 19.9 Å². The molecule has 0 bridgehead atoms. The van der Waals surface area contributed by atoms with Crippen molar-refractivity contribution in [3.05, 3.63) is 45.8 Å². The normalized spacial score (nSPS) is 10.3. The Kier molecular flexibility index (Phi) is 7.57. The quantitative estimate of drug-likeness (QED) is 0.673. The maximum Gasteiger partial charge on any atom is 0.342 e. The van der Waals surface area contributed by atoms with Crippen LogP contribution in [0.25, 0.3) is 0 Å². The second-order valence-corrected chi connectivity index (χ2v) is 6.71. The van der Waals surface area contributed by atoms with Crippen molar-refractivity contribution < 1.29 is 28.6 Å². The maximum absolute atomic E-state index is 12.3. The lowest BCUT2D eigenvalue weighted by Crippen LogP contribution is -2.22. The number of aryl methyl sites for hydroxylation is 1. The number of carbonyl (C=O) groups excluding carboxylic acids is 3. The smallest absolute Gasteiger partial charge is 0.342 e. The van der Waals surface area contributed by atoms with Crippen molar-refractivity contribution >= 4 is 34.2 Å². The molecule has 2 aromatic rings. The number of hydrogen-bond acceptors (Lipinski definition) is 7. The van der Waals surface area contributed by atoms with E-state index in [1.165, 1.54) is 5.38 Å². The molecule has 0 radical (unpaired) electrons. The number of nitrogens with one attached hydrogen (secondary N) is 1. The van der Waals surface area contributed by atoms with Gasteiger partial charge in [-0.3, -0.25) is 4.79 Å². The van der Waals surface area contributed by atoms with E-state index in [0.29, 0.717) is 5.75 Å². The summed E-state index contributed by atoms with van der Waals surface area (Å²) in [6.45, 7) is 7.26. The summed E-state index contributed by atoms with van der Waals surface area (Å²) in [5.74, 6) is -1.19. The molecular formula is C20H23NO6S. The van der Waals surface area contributed by atoms with Crippen LogP contribution < -0.4 is 10.1 Å². The summed E-state index contributed by atoms with van der Waals surface area (Å²) < 4.78 is 15.6. The van der Waals surface area contributed by atoms with Gasteiger partial charge in [0, 0.05) is 5.38 Å². The predicted molar refractivity (Wildman–Crippen MR) is 106 cm³/mol. The number of amides is 1. The fourth-order valence-corrected chi connectivity index (χ4v) is 3.34. The van der Waals surface area contributed by atoms with Crippen LogP contribution in [0.2, 0.25) is 0 Å². The molecule has 0 saturated heterocycles. The monoisotopic (exact) mass is 405 g/mol. The molecule has 0 aliphatic rings. The van der Waals surface area contributed by atoms with E-state index < -0.39 is 17.8 Å². The molecule has 0 saturated carbocycles. The first-order chi connectivity index (χ1) is 13.4. The Morgan fingerprint density at radius 3 is 2.39 bits per heavy atom. The molecule has 7 nitrogen and oxygen atoms in total. The van der Waals surface area contributed by atoms with Gasteiger partial charge in [-0.1, -0.05) is 12.1 Å². The van der Waals surface area contributed by atoms with Gasteiger partial charge in [0.05, 0.1) is 18.8 Å². The van der Waals surface area contributed by atoms with Gasteiger partial charge in [0.25, 0.3) is 5.91 Å². The molecule has 0 unspecified atom stereocenters. The molecule has 28 heavy (non-hydrogen) atoms. The van der Waals surface area contributed by atoms with E-state index in [9.17, 15) is 14.4 Å². The summed E-state index contributed by atoms with van der Waals surface area (Å²) in [5, 5.41) is 4.30. The Morgan fingerprint density at radius 2 is 1.71 bits per heavy atom. The van der Waals surface area contributed by atoms with Gasteiger partial charge in [-0.15, -0.1) is 11.3 Å². The van der Waals surface area contributed by atoms with Gasteiger partial charge in [-0.2, -0.15) is 0 Å². The first-order valence-corrected chi connectivity index (χ1v) is 9.71. The molecule has 1 amide bonds. The minimum atomic E-state index is -0.697. The van der Waals surface area contributed by atoms with Gasteiger partial charge < -0.3 is 19.5 Å². The van der Waals surface area contributed by atoms with E-state index in [-0.39, 0.29) is 35.9 Å². The van der Waals surface area contributed by atoms with Crippen LogP contribution in [-0.2, 0) is 14.3 Å². The zero-order valence-corrected chi connectivity index (χ0v) is 17.1. The predicted octanol–water partition coefficient (Wildman–Crippen LogP) is 3.74. The van der Waals surface area contributed by atoms with Crippen LogP contribution in [0.5, 0.6) is 5.75 Å². The van der Waals surface area contributed by atoms with Gasteiger partial charge in [-0.25, -0.2) is 9.59 Å². The molecule has 0 spiro atoms. The van der Waals surface area contributed by atoms with Crippen LogP contribution in [0.1, 0.15) is 45.7 Å². The molecule has 1 heterocycles. The molecule has 150 valence electrons. The second-order valence-electron chi connectivity index (χ2n) is 5.83. The van der Waals surface area contributed by atoms with Crippen molar-refractivity contribution in [3.63, 3.8) is 0 Å². The highest BCUT2D eigenvalue weighted by Crippen LogP contribution is 2.30. The van der Waals surface area contributed by atoms with Crippen LogP contribution in [0.3, 0.4) is 0 Å². The Morgan fingerprint density at radius 1 is 1.04 bits per heavy atom. The topological polar surface area (TPSA) is 90.9 Å². The lowest BCUT2D eigenvalue weighted by Gasteiger charge is -2.11. The summed E-state index contributed by atoms with van der Waals surface area (Å²) in [6.07, 6.45) is 0. The highest BCUT2D eigenvalue weighted by molar-refractivity contribution is 7.15. The number of thiophene rings is 1. The molecule has 0 aliphatic heterocycles. The average molecular weight is 405 g/mol. The van der Waals surface area contributed by atoms with E-state index in [1.807, 2.05) is 26.0 Å². The van der Waals surface area contributed by atoms with Crippen LogP contribution >= 0.6 is 11.3 Å². The molecule has 0 fully saturated rings. The number of hydrogen-bond donors (Lipinski definition) is 1. The van der Waals surface area contributed by atoms with Crippen molar-refractivity contribution in [3.8, 4) is 5.75 Å². The van der Waals surface area contributed by atoms with Crippen LogP contribution in [-0.4, -0.2) is 37.7 Å². The number of carbonyl (C=O) groups is 3. The van der Waals surface area contributed by atoms with Crippen molar-refractivity contribution in [1.29, 1.82) is 0 Å². The maximum atomic E-state index is 12.3. The van der Waals surface area contributed by atoms with Crippen LogP contribution in [0.15, 0.2) is 23.6 Å². The third kappa shape index (κ3) is 5.10. The van der Waals surface area contributed by atoms with Gasteiger partial charge in [0.1, 0.15) is 16.3 Å². The molecule has 0 atom stereocenters. The Bertz CT molecular complexity index is 874. The Balaban J connectivity index is 2.15. The molecule has 1 N–H and O–H groups in total. The minimum Gasteiger partial charge on any atom is -0.483 e. The summed E-state index contributed by atoms with van der Waals surface area (Å²) >= 11 is 1.05. The van der Waals surface area contributed by atoms with E-state index in [2.05, 4.69) is 5.32 Å². The molecule has 1 aromatic carbocycles. The average Bonchev–Trinajstić information content (AvgIpc) is 3.07. The lowest BCUT2D eigenvalue weighted by atomic mass is 10.1. The largest absolute Gasteiger partial charge is 0.483 e. The Hall–Kier alpha value is -2.87. The van der Waals surface area contributed by atoms with E-state index in [0.717, 1.165) is 22.5 Å². The highest BCUT2D eigenvalue weighted by atomic mass is 32.1. The molecule has 8 heteroatoms. The first kappa shape index (κ1) is 21.4. The number of benzene rings is 1. The number of ether oxygens (including phenoxy) is 3. The number of rotatable bonds is 8. The van der Waals surface area contributed by atoms with Crippen molar-refractivity contribution in [2.24, 2.45) is 0 Å². The Labute approximate surface area is 167 Å². The van der Waals surface area contributed by atoms with Gasteiger partial charge >= 0.3 is 11.9 Å². The lowest BCUT2D eigenvalue weighted by molar-refractivity contribution is -0.118. The first-order valence-electron chi connectivity index (χ1n) is 8.83. The minimum absolute atomic E-state index is 0.00890.